The number of aliphatic hydroxyl groups excluding tert-OH is 2. The van der Waals surface area contributed by atoms with Gasteiger partial charge >= 0.3 is 12.4 Å². The molecule has 78 heavy (non-hydrogen) atoms. The van der Waals surface area contributed by atoms with E-state index in [2.05, 4.69) is 84.9 Å². The Labute approximate surface area is 451 Å². The maximum Gasteiger partial charge on any atom is 0.419 e. The van der Waals surface area contributed by atoms with Gasteiger partial charge in [-0.05, 0) is 134 Å². The van der Waals surface area contributed by atoms with E-state index < -0.39 is 71.2 Å². The molecule has 2 aliphatic heterocycles. The van der Waals surface area contributed by atoms with Crippen molar-refractivity contribution in [2.45, 2.75) is 192 Å². The van der Waals surface area contributed by atoms with Gasteiger partial charge in [-0.3, -0.25) is 9.59 Å². The molecule has 2 aromatic heterocycles. The second kappa shape index (κ2) is 23.7. The second-order valence-corrected chi connectivity index (χ2v) is 24.3. The fourth-order valence-electron chi connectivity index (χ4n) is 10.9. The van der Waals surface area contributed by atoms with Crippen molar-refractivity contribution in [1.82, 2.24) is 31.2 Å². The number of hydrogen-bond acceptors (Lipinski definition) is 10. The number of benzene rings is 2. The Hall–Kier alpha value is -5.44. The molecule has 0 bridgehead atoms. The maximum absolute atomic E-state index is 14.1. The average molecular weight is 1100 g/mol. The van der Waals surface area contributed by atoms with E-state index in [1.807, 2.05) is 12.4 Å². The molecule has 6 N–H and O–H groups in total. The molecule has 0 radical (unpaired) electrons. The van der Waals surface area contributed by atoms with Crippen LogP contribution in [0.25, 0.3) is 0 Å². The molecule has 12 nitrogen and oxygen atoms in total. The first kappa shape index (κ1) is 60.2. The summed E-state index contributed by atoms with van der Waals surface area (Å²) in [6.07, 6.45) is 0.766. The number of nitrogens with one attached hydrogen (secondary N) is 4. The lowest BCUT2D eigenvalue weighted by atomic mass is 9.73. The van der Waals surface area contributed by atoms with Crippen LogP contribution in [-0.4, -0.2) is 80.6 Å². The van der Waals surface area contributed by atoms with Crippen molar-refractivity contribution in [1.29, 1.82) is 0 Å². The number of hydrogen-bond donors (Lipinski definition) is 6. The Balaban J connectivity index is 0.000000226. The van der Waals surface area contributed by atoms with Crippen molar-refractivity contribution in [3.8, 4) is 11.8 Å². The van der Waals surface area contributed by atoms with Crippen LogP contribution in [0, 0.1) is 22.5 Å². The first-order chi connectivity index (χ1) is 36.3. The Morgan fingerprint density at radius 1 is 0.603 bits per heavy atom. The van der Waals surface area contributed by atoms with Gasteiger partial charge in [0.15, 0.2) is 0 Å². The van der Waals surface area contributed by atoms with Gasteiger partial charge in [0.05, 0.1) is 35.4 Å². The van der Waals surface area contributed by atoms with Crippen molar-refractivity contribution in [3.05, 3.63) is 117 Å². The molecular weight excluding hydrogens is 1030 g/mol. The quantitative estimate of drug-likeness (QED) is 0.0595. The van der Waals surface area contributed by atoms with E-state index in [1.54, 1.807) is 0 Å². The maximum atomic E-state index is 14.1. The van der Waals surface area contributed by atoms with Crippen molar-refractivity contribution in [2.75, 3.05) is 13.1 Å². The second-order valence-electron chi connectivity index (χ2n) is 24.3. The van der Waals surface area contributed by atoms with Gasteiger partial charge in [-0.25, -0.2) is 18.7 Å². The van der Waals surface area contributed by atoms with Crippen molar-refractivity contribution < 1.29 is 64.4 Å². The standard InChI is InChI=1S/2C29H37F4N3O3/c2*1-17(37)36-23(12-18-6-7-21(22(30)11-18)29(31,32)33)25(38)16-34-24-14-28(8-5-9-28)39-26-20(24)10-19(15-35-26)13-27(2,3)4/h2*6-7,10-11,15,23-25,34,38H,5,8-9,12-14,16H2,1-4H3,(H,36,37)/t23-,24+,25+;23-,24-,25+/m10/s1. The van der Waals surface area contributed by atoms with Crippen LogP contribution in [0.2, 0.25) is 0 Å². The van der Waals surface area contributed by atoms with Gasteiger partial charge in [0, 0.05) is 75.4 Å². The number of alkyl halides is 6. The summed E-state index contributed by atoms with van der Waals surface area (Å²) in [6, 6.07) is 7.52. The molecule has 2 aliphatic carbocycles. The molecule has 2 spiro atoms. The largest absolute Gasteiger partial charge is 0.471 e. The zero-order valence-corrected chi connectivity index (χ0v) is 45.6. The van der Waals surface area contributed by atoms with E-state index in [-0.39, 0.29) is 71.2 Å². The van der Waals surface area contributed by atoms with E-state index >= 15 is 0 Å². The lowest BCUT2D eigenvalue weighted by molar-refractivity contribution is -0.140. The summed E-state index contributed by atoms with van der Waals surface area (Å²) >= 11 is 0. The van der Waals surface area contributed by atoms with Gasteiger partial charge in [0.2, 0.25) is 23.6 Å². The third-order valence-electron chi connectivity index (χ3n) is 14.8. The number of pyridine rings is 2. The van der Waals surface area contributed by atoms with Gasteiger partial charge in [0.1, 0.15) is 22.8 Å². The molecule has 20 heteroatoms. The topological polar surface area (TPSA) is 167 Å². The number of nitrogens with zero attached hydrogens (tertiary/aromatic N) is 2. The zero-order valence-electron chi connectivity index (χ0n) is 45.6. The highest BCUT2D eigenvalue weighted by Gasteiger charge is 2.48. The minimum Gasteiger partial charge on any atom is -0.471 e. The van der Waals surface area contributed by atoms with E-state index in [4.69, 9.17) is 9.47 Å². The molecule has 0 unspecified atom stereocenters. The number of aromatic nitrogens is 2. The lowest BCUT2D eigenvalue weighted by Crippen LogP contribution is -2.52. The number of carbonyl (C=O) groups is 2. The minimum atomic E-state index is -4.80. The molecule has 4 heterocycles. The first-order valence-electron chi connectivity index (χ1n) is 26.7. The van der Waals surface area contributed by atoms with Gasteiger partial charge in [-0.15, -0.1) is 0 Å². The molecule has 0 saturated heterocycles. The molecule has 2 aromatic carbocycles. The van der Waals surface area contributed by atoms with Gasteiger partial charge in [-0.1, -0.05) is 53.7 Å². The molecule has 2 amide bonds. The van der Waals surface area contributed by atoms with Crippen molar-refractivity contribution in [2.24, 2.45) is 10.8 Å². The fourth-order valence-corrected chi connectivity index (χ4v) is 10.9. The number of ether oxygens (including phenoxy) is 2. The van der Waals surface area contributed by atoms with Crippen LogP contribution in [0.15, 0.2) is 60.9 Å². The van der Waals surface area contributed by atoms with E-state index in [1.165, 1.54) is 26.0 Å². The summed E-state index contributed by atoms with van der Waals surface area (Å²) in [5.41, 5.74) is 1.34. The highest BCUT2D eigenvalue weighted by molar-refractivity contribution is 5.73. The molecule has 2 saturated carbocycles. The Bertz CT molecular complexity index is 2570. The van der Waals surface area contributed by atoms with Gasteiger partial charge in [-0.2, -0.15) is 26.3 Å². The molecule has 2 fully saturated rings. The van der Waals surface area contributed by atoms with Crippen LogP contribution in [0.1, 0.15) is 163 Å². The smallest absolute Gasteiger partial charge is 0.419 e. The van der Waals surface area contributed by atoms with E-state index in [0.29, 0.717) is 36.7 Å². The predicted molar refractivity (Wildman–Crippen MR) is 277 cm³/mol. The predicted octanol–water partition coefficient (Wildman–Crippen LogP) is 10.5. The normalized spacial score (nSPS) is 20.0. The minimum absolute atomic E-state index is 0.0386. The number of carbonyl (C=O) groups excluding carboxylic acids is 2. The number of aliphatic hydroxyl groups is 2. The SMILES string of the molecule is CC(=O)N[C@@H](Cc1ccc(C(F)(F)F)c(F)c1)[C@H](O)CN[C@H]1CC2(CCC2)Oc2ncc(CC(C)(C)C)cc21.CC(=O)N[C@H](Cc1ccc(C(F)(F)F)c(F)c1)[C@@H](O)CN[C@H]1CC2(CCC2)Oc2ncc(CC(C)(C)C)cc21. The van der Waals surface area contributed by atoms with Crippen LogP contribution < -0.4 is 30.7 Å². The van der Waals surface area contributed by atoms with E-state index in [9.17, 15) is 54.9 Å². The average Bonchev–Trinajstić information content (AvgIpc) is 3.33. The molecule has 8 rings (SSSR count). The number of amides is 2. The van der Waals surface area contributed by atoms with E-state index in [0.717, 1.165) is 85.8 Å². The highest BCUT2D eigenvalue weighted by atomic mass is 19.4. The van der Waals surface area contributed by atoms with Gasteiger partial charge < -0.3 is 41.0 Å². The summed E-state index contributed by atoms with van der Waals surface area (Å²) in [4.78, 5) is 33.0. The summed E-state index contributed by atoms with van der Waals surface area (Å²) in [6.45, 7) is 15.7. The van der Waals surface area contributed by atoms with Crippen LogP contribution in [0.3, 0.4) is 0 Å². The highest BCUT2D eigenvalue weighted by Crippen LogP contribution is 2.50. The molecule has 4 aromatic rings. The van der Waals surface area contributed by atoms with Crippen molar-refractivity contribution in [3.63, 3.8) is 0 Å². The summed E-state index contributed by atoms with van der Waals surface area (Å²) in [5.74, 6) is -2.43. The van der Waals surface area contributed by atoms with Crippen LogP contribution >= 0.6 is 0 Å². The molecule has 4 aliphatic rings. The van der Waals surface area contributed by atoms with Crippen LogP contribution in [-0.2, 0) is 47.6 Å². The van der Waals surface area contributed by atoms with Crippen LogP contribution in [0.5, 0.6) is 11.8 Å². The van der Waals surface area contributed by atoms with Crippen molar-refractivity contribution >= 4 is 11.8 Å². The molecule has 428 valence electrons. The first-order valence-corrected chi connectivity index (χ1v) is 26.7. The summed E-state index contributed by atoms with van der Waals surface area (Å²) in [7, 11) is 0. The summed E-state index contributed by atoms with van der Waals surface area (Å²) < 4.78 is 119. The third kappa shape index (κ3) is 15.9. The Morgan fingerprint density at radius 2 is 0.962 bits per heavy atom. The summed E-state index contributed by atoms with van der Waals surface area (Å²) in [5, 5.41) is 34.3. The Kier molecular flexibility index (Phi) is 18.3. The van der Waals surface area contributed by atoms with Gasteiger partial charge in [0.25, 0.3) is 0 Å². The monoisotopic (exact) mass is 1100 g/mol. The molecule has 6 atom stereocenters. The number of fused-ring (bicyclic) bond motifs is 2. The molecular formula is C58H74F8N6O6. The number of rotatable bonds is 16. The zero-order chi connectivity index (χ0) is 57.2. The fraction of sp³-hybridized carbons (Fsp3) is 0.586. The Morgan fingerprint density at radius 3 is 1.24 bits per heavy atom. The third-order valence-corrected chi connectivity index (χ3v) is 14.8. The number of halogens is 8. The van der Waals surface area contributed by atoms with Crippen LogP contribution in [0.4, 0.5) is 35.1 Å². The lowest BCUT2D eigenvalue weighted by Gasteiger charge is -2.47.